The van der Waals surface area contributed by atoms with Crippen molar-refractivity contribution in [3.05, 3.63) is 18.2 Å². The molecule has 1 fully saturated rings. The molecule has 0 aliphatic carbocycles. The molecule has 1 aromatic carbocycles. The Morgan fingerprint density at radius 1 is 1.31 bits per heavy atom. The van der Waals surface area contributed by atoms with E-state index in [0.29, 0.717) is 36.7 Å². The van der Waals surface area contributed by atoms with Crippen LogP contribution in [0.5, 0.6) is 11.5 Å². The second-order valence-corrected chi connectivity index (χ2v) is 6.81. The Hall–Kier alpha value is -2.77. The minimum atomic E-state index is -0.788. The third kappa shape index (κ3) is 4.07. The maximum Gasteiger partial charge on any atom is 0.243 e. The van der Waals surface area contributed by atoms with Gasteiger partial charge >= 0.3 is 0 Å². The van der Waals surface area contributed by atoms with E-state index in [-0.39, 0.29) is 36.9 Å². The van der Waals surface area contributed by atoms with Crippen molar-refractivity contribution in [2.45, 2.75) is 32.7 Å². The van der Waals surface area contributed by atoms with Crippen LogP contribution in [0.3, 0.4) is 0 Å². The number of anilines is 1. The van der Waals surface area contributed by atoms with E-state index in [4.69, 9.17) is 9.47 Å². The number of rotatable bonds is 5. The van der Waals surface area contributed by atoms with Crippen molar-refractivity contribution in [1.29, 1.82) is 0 Å². The van der Waals surface area contributed by atoms with E-state index in [2.05, 4.69) is 10.6 Å². The molecule has 3 amide bonds. The first kappa shape index (κ1) is 18.0. The van der Waals surface area contributed by atoms with Crippen LogP contribution < -0.4 is 20.1 Å². The number of hydrogen-bond donors (Lipinski definition) is 2. The topological polar surface area (TPSA) is 97.0 Å². The molecule has 1 aromatic rings. The van der Waals surface area contributed by atoms with Crippen LogP contribution in [-0.2, 0) is 14.4 Å². The summed E-state index contributed by atoms with van der Waals surface area (Å²) < 4.78 is 10.5. The maximum absolute atomic E-state index is 12.4. The third-order valence-electron chi connectivity index (χ3n) is 4.27. The molecule has 3 rings (SSSR count). The molecule has 140 valence electrons. The summed E-state index contributed by atoms with van der Waals surface area (Å²) in [7, 11) is 0. The molecule has 0 aromatic heterocycles. The summed E-state index contributed by atoms with van der Waals surface area (Å²) in [5.41, 5.74) is 0.551. The van der Waals surface area contributed by atoms with E-state index in [9.17, 15) is 14.4 Å². The molecular weight excluding hydrogens is 338 g/mol. The monoisotopic (exact) mass is 361 g/mol. The van der Waals surface area contributed by atoms with Crippen molar-refractivity contribution in [1.82, 2.24) is 10.2 Å². The Kier molecular flexibility index (Phi) is 5.29. The SMILES string of the molecule is CC(C)CC(=O)N1CCNC(=O)C1CC(=O)Nc1ccc2c(c1)OCO2. The van der Waals surface area contributed by atoms with Crippen LogP contribution in [0.25, 0.3) is 0 Å². The number of nitrogens with zero attached hydrogens (tertiary/aromatic N) is 1. The zero-order valence-corrected chi connectivity index (χ0v) is 14.9. The van der Waals surface area contributed by atoms with Gasteiger partial charge in [-0.1, -0.05) is 13.8 Å². The first-order valence-electron chi connectivity index (χ1n) is 8.70. The second kappa shape index (κ2) is 7.63. The van der Waals surface area contributed by atoms with E-state index in [1.165, 1.54) is 4.90 Å². The van der Waals surface area contributed by atoms with E-state index in [0.717, 1.165) is 0 Å². The smallest absolute Gasteiger partial charge is 0.243 e. The van der Waals surface area contributed by atoms with Crippen LogP contribution >= 0.6 is 0 Å². The normalized spacial score (nSPS) is 18.7. The summed E-state index contributed by atoms with van der Waals surface area (Å²) in [4.78, 5) is 38.6. The zero-order valence-electron chi connectivity index (χ0n) is 14.9. The number of ether oxygens (including phenoxy) is 2. The molecule has 2 aliphatic heterocycles. The lowest BCUT2D eigenvalue weighted by Gasteiger charge is -2.35. The summed E-state index contributed by atoms with van der Waals surface area (Å²) >= 11 is 0. The summed E-state index contributed by atoms with van der Waals surface area (Å²) in [5.74, 6) is 0.640. The fraction of sp³-hybridized carbons (Fsp3) is 0.500. The molecule has 26 heavy (non-hydrogen) atoms. The van der Waals surface area contributed by atoms with E-state index < -0.39 is 6.04 Å². The number of carbonyl (C=O) groups is 3. The Morgan fingerprint density at radius 3 is 2.85 bits per heavy atom. The van der Waals surface area contributed by atoms with E-state index in [1.54, 1.807) is 18.2 Å². The van der Waals surface area contributed by atoms with Crippen LogP contribution in [0.2, 0.25) is 0 Å². The lowest BCUT2D eigenvalue weighted by atomic mass is 10.0. The molecule has 8 heteroatoms. The van der Waals surface area contributed by atoms with Crippen molar-refractivity contribution >= 4 is 23.4 Å². The minimum absolute atomic E-state index is 0.0931. The van der Waals surface area contributed by atoms with Gasteiger partial charge in [-0.2, -0.15) is 0 Å². The van der Waals surface area contributed by atoms with Gasteiger partial charge in [0.05, 0.1) is 6.42 Å². The first-order valence-corrected chi connectivity index (χ1v) is 8.70. The molecule has 1 unspecified atom stereocenters. The van der Waals surface area contributed by atoms with Crippen molar-refractivity contribution < 1.29 is 23.9 Å². The van der Waals surface area contributed by atoms with E-state index in [1.807, 2.05) is 13.8 Å². The number of hydrogen-bond acceptors (Lipinski definition) is 5. The van der Waals surface area contributed by atoms with Gasteiger partial charge in [0, 0.05) is 31.3 Å². The largest absolute Gasteiger partial charge is 0.454 e. The number of nitrogens with one attached hydrogen (secondary N) is 2. The fourth-order valence-electron chi connectivity index (χ4n) is 3.04. The Balaban J connectivity index is 1.65. The molecule has 8 nitrogen and oxygen atoms in total. The average molecular weight is 361 g/mol. The molecule has 2 N–H and O–H groups in total. The van der Waals surface area contributed by atoms with E-state index >= 15 is 0 Å². The van der Waals surface area contributed by atoms with Gasteiger partial charge in [0.1, 0.15) is 6.04 Å². The number of amides is 3. The predicted octanol–water partition coefficient (Wildman–Crippen LogP) is 1.12. The highest BCUT2D eigenvalue weighted by Crippen LogP contribution is 2.34. The second-order valence-electron chi connectivity index (χ2n) is 6.81. The van der Waals surface area contributed by atoms with Gasteiger partial charge in [-0.05, 0) is 18.1 Å². The summed E-state index contributed by atoms with van der Waals surface area (Å²) in [5, 5.41) is 5.47. The van der Waals surface area contributed by atoms with Crippen molar-refractivity contribution in [2.24, 2.45) is 5.92 Å². The molecule has 0 spiro atoms. The molecule has 0 radical (unpaired) electrons. The summed E-state index contributed by atoms with van der Waals surface area (Å²) in [6.45, 7) is 4.87. The molecule has 0 saturated carbocycles. The van der Waals surface area contributed by atoms with Gasteiger partial charge in [-0.25, -0.2) is 0 Å². The number of benzene rings is 1. The summed E-state index contributed by atoms with van der Waals surface area (Å²) in [6, 6.07) is 4.30. The van der Waals surface area contributed by atoms with Crippen molar-refractivity contribution in [3.63, 3.8) is 0 Å². The Morgan fingerprint density at radius 2 is 2.08 bits per heavy atom. The van der Waals surface area contributed by atoms with Crippen molar-refractivity contribution in [2.75, 3.05) is 25.2 Å². The first-order chi connectivity index (χ1) is 12.4. The number of piperazine rings is 1. The quantitative estimate of drug-likeness (QED) is 0.819. The molecule has 1 atom stereocenters. The zero-order chi connectivity index (χ0) is 18.7. The average Bonchev–Trinajstić information content (AvgIpc) is 3.03. The van der Waals surface area contributed by atoms with Crippen LogP contribution in [0.1, 0.15) is 26.7 Å². The lowest BCUT2D eigenvalue weighted by Crippen LogP contribution is -2.58. The molecule has 0 bridgehead atoms. The Labute approximate surface area is 151 Å². The molecule has 2 aliphatic rings. The summed E-state index contributed by atoms with van der Waals surface area (Å²) in [6.07, 6.45) is 0.262. The van der Waals surface area contributed by atoms with Gasteiger partial charge in [0.15, 0.2) is 11.5 Å². The van der Waals surface area contributed by atoms with Gasteiger partial charge < -0.3 is 25.0 Å². The molecular formula is C18H23N3O5. The van der Waals surface area contributed by atoms with Gasteiger partial charge in [-0.15, -0.1) is 0 Å². The van der Waals surface area contributed by atoms with Crippen LogP contribution in [0.15, 0.2) is 18.2 Å². The highest BCUT2D eigenvalue weighted by molar-refractivity contribution is 5.97. The predicted molar refractivity (Wildman–Crippen MR) is 93.8 cm³/mol. The lowest BCUT2D eigenvalue weighted by molar-refractivity contribution is -0.145. The minimum Gasteiger partial charge on any atom is -0.454 e. The number of carbonyl (C=O) groups excluding carboxylic acids is 3. The highest BCUT2D eigenvalue weighted by Gasteiger charge is 2.34. The maximum atomic E-state index is 12.4. The molecule has 1 saturated heterocycles. The highest BCUT2D eigenvalue weighted by atomic mass is 16.7. The Bertz CT molecular complexity index is 719. The molecule has 2 heterocycles. The van der Waals surface area contributed by atoms with Crippen molar-refractivity contribution in [3.8, 4) is 11.5 Å². The van der Waals surface area contributed by atoms with Crippen LogP contribution in [0, 0.1) is 5.92 Å². The van der Waals surface area contributed by atoms with Gasteiger partial charge in [0.25, 0.3) is 0 Å². The van der Waals surface area contributed by atoms with Gasteiger partial charge in [0.2, 0.25) is 24.5 Å². The number of fused-ring (bicyclic) bond motifs is 1. The fourth-order valence-corrected chi connectivity index (χ4v) is 3.04. The van der Waals surface area contributed by atoms with Crippen LogP contribution in [0.4, 0.5) is 5.69 Å². The van der Waals surface area contributed by atoms with Crippen LogP contribution in [-0.4, -0.2) is 48.5 Å². The third-order valence-corrected chi connectivity index (χ3v) is 4.27. The van der Waals surface area contributed by atoms with Gasteiger partial charge in [-0.3, -0.25) is 14.4 Å². The standard InChI is InChI=1S/C18H23N3O5/c1-11(2)7-17(23)21-6-5-19-18(24)13(21)9-16(22)20-12-3-4-14-15(8-12)26-10-25-14/h3-4,8,11,13H,5-7,9-10H2,1-2H3,(H,19,24)(H,20,22).